The van der Waals surface area contributed by atoms with Crippen molar-refractivity contribution in [1.29, 1.82) is 0 Å². The summed E-state index contributed by atoms with van der Waals surface area (Å²) in [6, 6.07) is 0. The molecule has 0 saturated carbocycles. The van der Waals surface area contributed by atoms with Crippen molar-refractivity contribution in [2.75, 3.05) is 23.9 Å². The first kappa shape index (κ1) is 19.4. The van der Waals surface area contributed by atoms with Crippen LogP contribution in [0.1, 0.15) is 22.5 Å². The standard InChI is InChI=1S/C15H18F3N5O3S/c1-7-8(20-12(27-7)14(2,26)15(16,17)18)5-23-11(24)9-10(19-6-21(9)3)22(4)13(23)25/h19,26H,5-6H2,1-4H3. The lowest BCUT2D eigenvalue weighted by Gasteiger charge is -2.23. The van der Waals surface area contributed by atoms with E-state index in [0.717, 1.165) is 4.57 Å². The van der Waals surface area contributed by atoms with Crippen LogP contribution in [0, 0.1) is 6.92 Å². The van der Waals surface area contributed by atoms with Gasteiger partial charge in [-0.1, -0.05) is 0 Å². The predicted octanol–water partition coefficient (Wildman–Crippen LogP) is 0.949. The van der Waals surface area contributed by atoms with Crippen molar-refractivity contribution in [1.82, 2.24) is 14.1 Å². The van der Waals surface area contributed by atoms with E-state index in [0.29, 0.717) is 41.3 Å². The van der Waals surface area contributed by atoms with Crippen LogP contribution in [0.15, 0.2) is 9.59 Å². The third-order valence-corrected chi connectivity index (χ3v) is 5.78. The molecule has 2 N–H and O–H groups in total. The van der Waals surface area contributed by atoms with Crippen molar-refractivity contribution in [3.63, 3.8) is 0 Å². The molecule has 0 amide bonds. The number of halogens is 3. The van der Waals surface area contributed by atoms with Gasteiger partial charge in [0.25, 0.3) is 5.56 Å². The molecule has 0 aliphatic carbocycles. The molecule has 1 unspecified atom stereocenters. The van der Waals surface area contributed by atoms with Gasteiger partial charge in [0.05, 0.1) is 18.9 Å². The van der Waals surface area contributed by atoms with Crippen molar-refractivity contribution in [2.45, 2.75) is 32.2 Å². The molecule has 1 atom stereocenters. The molecule has 1 aliphatic heterocycles. The van der Waals surface area contributed by atoms with Crippen LogP contribution in [0.3, 0.4) is 0 Å². The largest absolute Gasteiger partial charge is 0.423 e. The van der Waals surface area contributed by atoms with Crippen molar-refractivity contribution >= 4 is 22.8 Å². The van der Waals surface area contributed by atoms with Crippen LogP contribution in [0.5, 0.6) is 0 Å². The number of alkyl halides is 3. The second-order valence-corrected chi connectivity index (χ2v) is 7.76. The zero-order valence-electron chi connectivity index (χ0n) is 15.0. The monoisotopic (exact) mass is 405 g/mol. The third-order valence-electron chi connectivity index (χ3n) is 4.56. The molecule has 148 valence electrons. The molecule has 8 nitrogen and oxygen atoms in total. The molecule has 2 aromatic heterocycles. The lowest BCUT2D eigenvalue weighted by Crippen LogP contribution is -2.41. The fourth-order valence-electron chi connectivity index (χ4n) is 2.76. The molecule has 3 rings (SSSR count). The summed E-state index contributed by atoms with van der Waals surface area (Å²) in [5.74, 6) is 0.388. The number of hydrogen-bond acceptors (Lipinski definition) is 7. The van der Waals surface area contributed by atoms with Crippen LogP contribution in [0.4, 0.5) is 24.7 Å². The number of fused-ring (bicyclic) bond motifs is 1. The molecule has 2 aromatic rings. The minimum absolute atomic E-state index is 0.132. The van der Waals surface area contributed by atoms with E-state index in [1.54, 1.807) is 11.9 Å². The van der Waals surface area contributed by atoms with Gasteiger partial charge in [-0.15, -0.1) is 11.3 Å². The van der Waals surface area contributed by atoms with Crippen molar-refractivity contribution in [2.24, 2.45) is 7.05 Å². The van der Waals surface area contributed by atoms with E-state index in [9.17, 15) is 27.9 Å². The van der Waals surface area contributed by atoms with Crippen molar-refractivity contribution in [3.05, 3.63) is 36.4 Å². The first-order chi connectivity index (χ1) is 12.4. The third kappa shape index (κ3) is 2.92. The number of aromatic nitrogens is 3. The van der Waals surface area contributed by atoms with E-state index in [4.69, 9.17) is 0 Å². The summed E-state index contributed by atoms with van der Waals surface area (Å²) >= 11 is 0.681. The van der Waals surface area contributed by atoms with Gasteiger partial charge in [-0.25, -0.2) is 9.78 Å². The summed E-state index contributed by atoms with van der Waals surface area (Å²) in [5.41, 5.74) is -3.85. The molecule has 3 heterocycles. The Morgan fingerprint density at radius 3 is 2.52 bits per heavy atom. The van der Waals surface area contributed by atoms with Gasteiger partial charge < -0.3 is 15.3 Å². The minimum Gasteiger partial charge on any atom is -0.375 e. The Kier molecular flexibility index (Phi) is 4.38. The maximum atomic E-state index is 13.1. The molecular weight excluding hydrogens is 387 g/mol. The highest BCUT2D eigenvalue weighted by molar-refractivity contribution is 7.11. The van der Waals surface area contributed by atoms with Gasteiger partial charge in [0, 0.05) is 19.0 Å². The van der Waals surface area contributed by atoms with Gasteiger partial charge in [-0.3, -0.25) is 13.9 Å². The maximum absolute atomic E-state index is 13.1. The average Bonchev–Trinajstić information content (AvgIpc) is 3.12. The molecule has 0 radical (unpaired) electrons. The molecule has 27 heavy (non-hydrogen) atoms. The number of nitrogens with zero attached hydrogens (tertiary/aromatic N) is 4. The predicted molar refractivity (Wildman–Crippen MR) is 94.4 cm³/mol. The van der Waals surface area contributed by atoms with Crippen LogP contribution in [-0.2, 0) is 19.2 Å². The quantitative estimate of drug-likeness (QED) is 0.790. The summed E-state index contributed by atoms with van der Waals surface area (Å²) in [6.45, 7) is 2.22. The lowest BCUT2D eigenvalue weighted by atomic mass is 10.1. The van der Waals surface area contributed by atoms with Gasteiger partial charge >= 0.3 is 11.9 Å². The number of aryl methyl sites for hydroxylation is 1. The van der Waals surface area contributed by atoms with Gasteiger partial charge in [0.2, 0.25) is 5.60 Å². The smallest absolute Gasteiger partial charge is 0.375 e. The van der Waals surface area contributed by atoms with Gasteiger partial charge in [-0.2, -0.15) is 13.2 Å². The summed E-state index contributed by atoms with van der Waals surface area (Å²) in [4.78, 5) is 31.2. The van der Waals surface area contributed by atoms with Crippen LogP contribution < -0.4 is 21.5 Å². The fraction of sp³-hybridized carbons (Fsp3) is 0.533. The van der Waals surface area contributed by atoms with E-state index in [1.807, 2.05) is 0 Å². The highest BCUT2D eigenvalue weighted by Gasteiger charge is 2.53. The molecule has 0 fully saturated rings. The van der Waals surface area contributed by atoms with E-state index < -0.39 is 28.0 Å². The SMILES string of the molecule is Cc1sc(C(C)(O)C(F)(F)F)nc1Cn1c(=O)c2c(n(C)c1=O)NCN2C. The number of aliphatic hydroxyl groups is 1. The molecule has 12 heteroatoms. The number of hydrogen-bond donors (Lipinski definition) is 2. The highest BCUT2D eigenvalue weighted by Crippen LogP contribution is 2.40. The topological polar surface area (TPSA) is 92.4 Å². The van der Waals surface area contributed by atoms with Crippen LogP contribution in [-0.4, -0.2) is 39.1 Å². The Balaban J connectivity index is 2.08. The minimum atomic E-state index is -4.90. The Morgan fingerprint density at radius 2 is 1.93 bits per heavy atom. The summed E-state index contributed by atoms with van der Waals surface area (Å²) in [5, 5.41) is 12.2. The Labute approximate surface area is 155 Å². The second kappa shape index (κ2) is 6.09. The Morgan fingerprint density at radius 1 is 1.30 bits per heavy atom. The van der Waals surface area contributed by atoms with Crippen molar-refractivity contribution in [3.8, 4) is 0 Å². The van der Waals surface area contributed by atoms with Crippen LogP contribution >= 0.6 is 11.3 Å². The first-order valence-corrected chi connectivity index (χ1v) is 8.72. The highest BCUT2D eigenvalue weighted by atomic mass is 32.1. The molecule has 0 saturated heterocycles. The van der Waals surface area contributed by atoms with Gasteiger partial charge in [-0.05, 0) is 13.8 Å². The first-order valence-electron chi connectivity index (χ1n) is 7.91. The lowest BCUT2D eigenvalue weighted by molar-refractivity contribution is -0.258. The average molecular weight is 405 g/mol. The fourth-order valence-corrected chi connectivity index (χ4v) is 3.75. The normalized spacial score (nSPS) is 16.2. The number of thiazole rings is 1. The molecule has 0 aromatic carbocycles. The van der Waals surface area contributed by atoms with E-state index in [1.165, 1.54) is 18.5 Å². The summed E-state index contributed by atoms with van der Waals surface area (Å²) in [6.07, 6.45) is -4.90. The molecule has 1 aliphatic rings. The summed E-state index contributed by atoms with van der Waals surface area (Å²) < 4.78 is 41.4. The Bertz CT molecular complexity index is 1020. The molecular formula is C15H18F3N5O3S. The maximum Gasteiger partial charge on any atom is 0.423 e. The molecule has 0 bridgehead atoms. The van der Waals surface area contributed by atoms with Crippen LogP contribution in [0.25, 0.3) is 0 Å². The van der Waals surface area contributed by atoms with Gasteiger partial charge in [0.15, 0.2) is 0 Å². The summed E-state index contributed by atoms with van der Waals surface area (Å²) in [7, 11) is 3.18. The van der Waals surface area contributed by atoms with Crippen molar-refractivity contribution < 1.29 is 18.3 Å². The van der Waals surface area contributed by atoms with Gasteiger partial charge in [0.1, 0.15) is 16.5 Å². The number of nitrogens with one attached hydrogen (secondary N) is 1. The zero-order chi connectivity index (χ0) is 20.3. The second-order valence-electron chi connectivity index (χ2n) is 6.55. The van der Waals surface area contributed by atoms with E-state index in [2.05, 4.69) is 10.3 Å². The van der Waals surface area contributed by atoms with E-state index >= 15 is 0 Å². The number of rotatable bonds is 3. The Hall–Kier alpha value is -2.34. The number of anilines is 2. The molecule has 0 spiro atoms. The zero-order valence-corrected chi connectivity index (χ0v) is 15.8. The van der Waals surface area contributed by atoms with E-state index in [-0.39, 0.29) is 12.2 Å². The van der Waals surface area contributed by atoms with Crippen LogP contribution in [0.2, 0.25) is 0 Å².